The molecule has 1 saturated heterocycles. The number of nitrogens with one attached hydrogen (secondary N) is 1. The molecule has 1 aliphatic heterocycles. The van der Waals surface area contributed by atoms with Gasteiger partial charge in [-0.05, 0) is 0 Å². The van der Waals surface area contributed by atoms with Gasteiger partial charge in [-0.15, -0.1) is 0 Å². The molecular weight excluding hydrogens is 236 g/mol. The molecule has 2 N–H and O–H groups in total. The zero-order chi connectivity index (χ0) is 12.5. The Labute approximate surface area is 102 Å². The summed E-state index contributed by atoms with van der Waals surface area (Å²) in [7, 11) is 0. The molecule has 3 rings (SSSR count). The summed E-state index contributed by atoms with van der Waals surface area (Å²) in [4.78, 5) is 29.7. The topological polar surface area (TPSA) is 98.2 Å². The van der Waals surface area contributed by atoms with Gasteiger partial charge < -0.3 is 19.9 Å². The van der Waals surface area contributed by atoms with Crippen molar-refractivity contribution in [1.82, 2.24) is 24.8 Å². The smallest absolute Gasteiger partial charge is 0.407 e. The number of carbonyl (C=O) groups is 1. The van der Waals surface area contributed by atoms with Gasteiger partial charge in [-0.2, -0.15) is 0 Å². The number of anilines is 1. The van der Waals surface area contributed by atoms with Crippen molar-refractivity contribution in [2.75, 3.05) is 31.1 Å². The highest BCUT2D eigenvalue weighted by molar-refractivity contribution is 5.82. The second-order valence-corrected chi connectivity index (χ2v) is 4.06. The fourth-order valence-corrected chi connectivity index (χ4v) is 2.10. The van der Waals surface area contributed by atoms with Gasteiger partial charge in [0, 0.05) is 26.2 Å². The highest BCUT2D eigenvalue weighted by Gasteiger charge is 2.22. The summed E-state index contributed by atoms with van der Waals surface area (Å²) in [6.07, 6.45) is 2.18. The van der Waals surface area contributed by atoms with Crippen LogP contribution in [0.5, 0.6) is 0 Å². The molecule has 0 spiro atoms. The Morgan fingerprint density at radius 1 is 1.22 bits per heavy atom. The molecule has 2 aromatic rings. The summed E-state index contributed by atoms with van der Waals surface area (Å²) in [6.45, 7) is 2.21. The SMILES string of the molecule is O=C(O)N1CCN(c2ncnc3nc[nH]c23)CC1. The number of aromatic amines is 1. The van der Waals surface area contributed by atoms with Crippen LogP contribution in [0.25, 0.3) is 11.2 Å². The Hall–Kier alpha value is -2.38. The zero-order valence-electron chi connectivity index (χ0n) is 9.57. The number of hydrogen-bond acceptors (Lipinski definition) is 5. The van der Waals surface area contributed by atoms with E-state index in [1.807, 2.05) is 4.90 Å². The fourth-order valence-electron chi connectivity index (χ4n) is 2.10. The van der Waals surface area contributed by atoms with Crippen LogP contribution >= 0.6 is 0 Å². The number of piperazine rings is 1. The second kappa shape index (κ2) is 4.13. The van der Waals surface area contributed by atoms with Gasteiger partial charge in [0.1, 0.15) is 11.8 Å². The lowest BCUT2D eigenvalue weighted by Crippen LogP contribution is -2.48. The van der Waals surface area contributed by atoms with Gasteiger partial charge in [0.2, 0.25) is 0 Å². The van der Waals surface area contributed by atoms with Crippen molar-refractivity contribution in [2.24, 2.45) is 0 Å². The molecule has 8 heteroatoms. The van der Waals surface area contributed by atoms with E-state index in [1.54, 1.807) is 6.33 Å². The van der Waals surface area contributed by atoms with Gasteiger partial charge >= 0.3 is 6.09 Å². The van der Waals surface area contributed by atoms with Crippen LogP contribution in [-0.2, 0) is 0 Å². The first kappa shape index (κ1) is 10.8. The number of fused-ring (bicyclic) bond motifs is 1. The molecule has 0 unspecified atom stereocenters. The molecule has 0 saturated carbocycles. The molecule has 0 atom stereocenters. The average Bonchev–Trinajstić information content (AvgIpc) is 2.87. The van der Waals surface area contributed by atoms with E-state index in [4.69, 9.17) is 5.11 Å². The van der Waals surface area contributed by atoms with Crippen LogP contribution in [0.2, 0.25) is 0 Å². The number of H-pyrrole nitrogens is 1. The summed E-state index contributed by atoms with van der Waals surface area (Å²) < 4.78 is 0. The number of imidazole rings is 1. The van der Waals surface area contributed by atoms with Crippen molar-refractivity contribution in [2.45, 2.75) is 0 Å². The van der Waals surface area contributed by atoms with Crippen LogP contribution in [0.1, 0.15) is 0 Å². The van der Waals surface area contributed by atoms with Crippen molar-refractivity contribution in [1.29, 1.82) is 0 Å². The maximum atomic E-state index is 10.8. The number of amides is 1. The first-order valence-electron chi connectivity index (χ1n) is 5.62. The molecule has 0 radical (unpaired) electrons. The van der Waals surface area contributed by atoms with Crippen molar-refractivity contribution >= 4 is 23.1 Å². The van der Waals surface area contributed by atoms with Crippen molar-refractivity contribution in [3.8, 4) is 0 Å². The van der Waals surface area contributed by atoms with Gasteiger partial charge in [-0.25, -0.2) is 19.7 Å². The molecule has 1 fully saturated rings. The predicted molar refractivity (Wildman–Crippen MR) is 63.5 cm³/mol. The van der Waals surface area contributed by atoms with Crippen LogP contribution < -0.4 is 4.90 Å². The maximum absolute atomic E-state index is 10.8. The van der Waals surface area contributed by atoms with Gasteiger partial charge in [-0.1, -0.05) is 0 Å². The van der Waals surface area contributed by atoms with Crippen LogP contribution in [0.4, 0.5) is 10.6 Å². The highest BCUT2D eigenvalue weighted by Crippen LogP contribution is 2.20. The molecular formula is C10H12N6O2. The Morgan fingerprint density at radius 2 is 2.00 bits per heavy atom. The Bertz CT molecular complexity index is 575. The lowest BCUT2D eigenvalue weighted by Gasteiger charge is -2.33. The summed E-state index contributed by atoms with van der Waals surface area (Å²) in [5.74, 6) is 0.780. The number of rotatable bonds is 1. The van der Waals surface area contributed by atoms with Crippen LogP contribution in [0.15, 0.2) is 12.7 Å². The minimum atomic E-state index is -0.871. The Balaban J connectivity index is 1.84. The van der Waals surface area contributed by atoms with Gasteiger partial charge in [0.05, 0.1) is 6.33 Å². The lowest BCUT2D eigenvalue weighted by atomic mass is 10.3. The van der Waals surface area contributed by atoms with Crippen molar-refractivity contribution < 1.29 is 9.90 Å². The summed E-state index contributed by atoms with van der Waals surface area (Å²) >= 11 is 0. The van der Waals surface area contributed by atoms with Crippen LogP contribution in [0, 0.1) is 0 Å². The van der Waals surface area contributed by atoms with Gasteiger partial charge in [0.25, 0.3) is 0 Å². The van der Waals surface area contributed by atoms with Crippen molar-refractivity contribution in [3.63, 3.8) is 0 Å². The largest absolute Gasteiger partial charge is 0.465 e. The minimum Gasteiger partial charge on any atom is -0.465 e. The van der Waals surface area contributed by atoms with E-state index in [9.17, 15) is 4.79 Å². The highest BCUT2D eigenvalue weighted by atomic mass is 16.4. The first-order valence-corrected chi connectivity index (χ1v) is 5.62. The molecule has 2 aromatic heterocycles. The van der Waals surface area contributed by atoms with E-state index < -0.39 is 6.09 Å². The van der Waals surface area contributed by atoms with Crippen molar-refractivity contribution in [3.05, 3.63) is 12.7 Å². The molecule has 0 bridgehead atoms. The summed E-state index contributed by atoms with van der Waals surface area (Å²) in [6, 6.07) is 0. The molecule has 3 heterocycles. The van der Waals surface area contributed by atoms with E-state index in [1.165, 1.54) is 11.2 Å². The van der Waals surface area contributed by atoms with E-state index >= 15 is 0 Å². The van der Waals surface area contributed by atoms with Gasteiger partial charge in [-0.3, -0.25) is 0 Å². The number of nitrogens with zero attached hydrogens (tertiary/aromatic N) is 5. The average molecular weight is 248 g/mol. The molecule has 0 aliphatic carbocycles. The molecule has 0 aromatic carbocycles. The molecule has 94 valence electrons. The third-order valence-electron chi connectivity index (χ3n) is 3.05. The molecule has 8 nitrogen and oxygen atoms in total. The van der Waals surface area contributed by atoms with Gasteiger partial charge in [0.15, 0.2) is 11.5 Å². The number of aromatic nitrogens is 4. The monoisotopic (exact) mass is 248 g/mol. The third-order valence-corrected chi connectivity index (χ3v) is 3.05. The number of carboxylic acid groups (broad SMARTS) is 1. The predicted octanol–water partition coefficient (Wildman–Crippen LogP) is 0.153. The lowest BCUT2D eigenvalue weighted by molar-refractivity contribution is 0.142. The third kappa shape index (κ3) is 1.71. The minimum absolute atomic E-state index is 0.481. The van der Waals surface area contributed by atoms with Crippen LogP contribution in [0.3, 0.4) is 0 Å². The standard InChI is InChI=1S/C10H12N6O2/c17-10(18)16-3-1-15(2-4-16)9-7-8(12-5-11-7)13-6-14-9/h5-6H,1-4H2,(H,17,18)(H,11,12,13,14). The molecule has 1 amide bonds. The fraction of sp³-hybridized carbons (Fsp3) is 0.400. The normalized spacial score (nSPS) is 16.2. The second-order valence-electron chi connectivity index (χ2n) is 4.06. The maximum Gasteiger partial charge on any atom is 0.407 e. The number of hydrogen-bond donors (Lipinski definition) is 2. The van der Waals surface area contributed by atoms with E-state index in [2.05, 4.69) is 19.9 Å². The van der Waals surface area contributed by atoms with Crippen LogP contribution in [-0.4, -0.2) is 62.2 Å². The van der Waals surface area contributed by atoms with E-state index in [-0.39, 0.29) is 0 Å². The Kier molecular flexibility index (Phi) is 2.47. The summed E-state index contributed by atoms with van der Waals surface area (Å²) in [5, 5.41) is 8.90. The Morgan fingerprint density at radius 3 is 2.72 bits per heavy atom. The van der Waals surface area contributed by atoms with E-state index in [0.717, 1.165) is 11.3 Å². The molecule has 1 aliphatic rings. The quantitative estimate of drug-likeness (QED) is 0.745. The first-order chi connectivity index (χ1) is 8.75. The zero-order valence-corrected chi connectivity index (χ0v) is 9.57. The summed E-state index contributed by atoms with van der Waals surface area (Å²) in [5.41, 5.74) is 1.42. The molecule has 18 heavy (non-hydrogen) atoms. The van der Waals surface area contributed by atoms with E-state index in [0.29, 0.717) is 31.8 Å².